The van der Waals surface area contributed by atoms with Crippen molar-refractivity contribution in [3.63, 3.8) is 0 Å². The van der Waals surface area contributed by atoms with Gasteiger partial charge in [0.05, 0.1) is 6.10 Å². The van der Waals surface area contributed by atoms with E-state index < -0.39 is 0 Å². The molecule has 2 rings (SSSR count). The van der Waals surface area contributed by atoms with Crippen molar-refractivity contribution in [2.75, 3.05) is 11.1 Å². The highest BCUT2D eigenvalue weighted by atomic mass is 16.5. The Kier molecular flexibility index (Phi) is 3.67. The molecule has 0 fully saturated rings. The highest BCUT2D eigenvalue weighted by Gasteiger charge is 1.99. The Morgan fingerprint density at radius 1 is 1.11 bits per heavy atom. The number of aromatic nitrogens is 1. The molecule has 1 aromatic heterocycles. The summed E-state index contributed by atoms with van der Waals surface area (Å²) in [5.74, 6) is 2.09. The van der Waals surface area contributed by atoms with Gasteiger partial charge in [-0.15, -0.1) is 0 Å². The lowest BCUT2D eigenvalue weighted by molar-refractivity contribution is 0.242. The number of nitrogens with zero attached hydrogens (tertiary/aromatic N) is 1. The van der Waals surface area contributed by atoms with Gasteiger partial charge in [0, 0.05) is 5.69 Å². The molecule has 0 aliphatic carbocycles. The smallest absolute Gasteiger partial charge is 0.132 e. The number of pyridine rings is 1. The van der Waals surface area contributed by atoms with Crippen LogP contribution in [0.25, 0.3) is 0 Å². The van der Waals surface area contributed by atoms with Crippen molar-refractivity contribution in [3.8, 4) is 5.75 Å². The van der Waals surface area contributed by atoms with Crippen LogP contribution in [-0.4, -0.2) is 11.1 Å². The number of rotatable bonds is 4. The van der Waals surface area contributed by atoms with Crippen LogP contribution in [0.5, 0.6) is 5.75 Å². The molecule has 0 spiro atoms. The minimum Gasteiger partial charge on any atom is -0.491 e. The average Bonchev–Trinajstić information content (AvgIpc) is 2.31. The molecule has 0 unspecified atom stereocenters. The SMILES string of the molecule is CC(C)Oc1ccc(Nc2cccc(N)n2)cc1. The van der Waals surface area contributed by atoms with Crippen molar-refractivity contribution in [1.29, 1.82) is 0 Å². The van der Waals surface area contributed by atoms with Gasteiger partial charge in [-0.3, -0.25) is 0 Å². The van der Waals surface area contributed by atoms with Crippen molar-refractivity contribution >= 4 is 17.3 Å². The van der Waals surface area contributed by atoms with Gasteiger partial charge in [-0.1, -0.05) is 6.07 Å². The Morgan fingerprint density at radius 2 is 1.83 bits per heavy atom. The molecule has 1 heterocycles. The Balaban J connectivity index is 2.06. The van der Waals surface area contributed by atoms with E-state index in [9.17, 15) is 0 Å². The molecule has 0 amide bonds. The van der Waals surface area contributed by atoms with E-state index in [4.69, 9.17) is 10.5 Å². The monoisotopic (exact) mass is 243 g/mol. The van der Waals surface area contributed by atoms with Crippen LogP contribution in [0, 0.1) is 0 Å². The van der Waals surface area contributed by atoms with Gasteiger partial charge in [0.25, 0.3) is 0 Å². The van der Waals surface area contributed by atoms with Gasteiger partial charge < -0.3 is 15.8 Å². The van der Waals surface area contributed by atoms with Crippen LogP contribution in [0.1, 0.15) is 13.8 Å². The Labute approximate surface area is 107 Å². The first-order valence-corrected chi connectivity index (χ1v) is 5.90. The molecule has 0 aliphatic heterocycles. The van der Waals surface area contributed by atoms with Gasteiger partial charge in [-0.2, -0.15) is 0 Å². The van der Waals surface area contributed by atoms with E-state index in [0.717, 1.165) is 17.3 Å². The second-order valence-corrected chi connectivity index (χ2v) is 4.26. The van der Waals surface area contributed by atoms with Gasteiger partial charge >= 0.3 is 0 Å². The standard InChI is InChI=1S/C14H17N3O/c1-10(2)18-12-8-6-11(7-9-12)16-14-5-3-4-13(15)17-14/h3-10H,1-2H3,(H3,15,16,17). The molecule has 0 atom stereocenters. The second-order valence-electron chi connectivity index (χ2n) is 4.26. The molecule has 0 saturated heterocycles. The Bertz CT molecular complexity index is 509. The molecule has 0 saturated carbocycles. The van der Waals surface area contributed by atoms with Crippen molar-refractivity contribution in [3.05, 3.63) is 42.5 Å². The van der Waals surface area contributed by atoms with Crippen LogP contribution >= 0.6 is 0 Å². The van der Waals surface area contributed by atoms with E-state index in [1.165, 1.54) is 0 Å². The summed E-state index contributed by atoms with van der Waals surface area (Å²) in [7, 11) is 0. The molecule has 0 aliphatic rings. The molecule has 1 aromatic carbocycles. The second kappa shape index (κ2) is 5.40. The molecule has 4 nitrogen and oxygen atoms in total. The summed E-state index contributed by atoms with van der Waals surface area (Å²) in [5.41, 5.74) is 6.57. The van der Waals surface area contributed by atoms with Crippen LogP contribution in [0.3, 0.4) is 0 Å². The molecule has 2 aromatic rings. The maximum absolute atomic E-state index is 5.62. The number of hydrogen-bond donors (Lipinski definition) is 2. The maximum Gasteiger partial charge on any atom is 0.132 e. The zero-order valence-corrected chi connectivity index (χ0v) is 10.6. The molecule has 18 heavy (non-hydrogen) atoms. The van der Waals surface area contributed by atoms with Crippen LogP contribution in [0.15, 0.2) is 42.5 Å². The summed E-state index contributed by atoms with van der Waals surface area (Å²) in [6, 6.07) is 13.2. The summed E-state index contributed by atoms with van der Waals surface area (Å²) in [5, 5.41) is 3.18. The molecule has 4 heteroatoms. The van der Waals surface area contributed by atoms with Crippen molar-refractivity contribution in [2.24, 2.45) is 0 Å². The van der Waals surface area contributed by atoms with Crippen molar-refractivity contribution in [1.82, 2.24) is 4.98 Å². The fourth-order valence-electron chi connectivity index (χ4n) is 1.56. The van der Waals surface area contributed by atoms with Crippen molar-refractivity contribution < 1.29 is 4.74 Å². The lowest BCUT2D eigenvalue weighted by Crippen LogP contribution is -2.05. The zero-order valence-electron chi connectivity index (χ0n) is 10.6. The predicted octanol–water partition coefficient (Wildman–Crippen LogP) is 3.19. The number of anilines is 3. The maximum atomic E-state index is 5.62. The summed E-state index contributed by atoms with van der Waals surface area (Å²) in [4.78, 5) is 4.17. The minimum atomic E-state index is 0.180. The van der Waals surface area contributed by atoms with Gasteiger partial charge in [0.15, 0.2) is 0 Å². The highest BCUT2D eigenvalue weighted by Crippen LogP contribution is 2.20. The van der Waals surface area contributed by atoms with Crippen LogP contribution in [-0.2, 0) is 0 Å². The summed E-state index contributed by atoms with van der Waals surface area (Å²) < 4.78 is 5.58. The number of nitrogens with two attached hydrogens (primary N) is 1. The molecular formula is C14H17N3O. The van der Waals surface area contributed by atoms with Gasteiger partial charge in [0.1, 0.15) is 17.4 Å². The van der Waals surface area contributed by atoms with Crippen LogP contribution < -0.4 is 15.8 Å². The van der Waals surface area contributed by atoms with E-state index in [1.54, 1.807) is 6.07 Å². The lowest BCUT2D eigenvalue weighted by Gasteiger charge is -2.11. The van der Waals surface area contributed by atoms with Crippen LogP contribution in [0.4, 0.5) is 17.3 Å². The zero-order chi connectivity index (χ0) is 13.0. The highest BCUT2D eigenvalue weighted by molar-refractivity contribution is 5.58. The van der Waals surface area contributed by atoms with E-state index >= 15 is 0 Å². The number of nitrogen functional groups attached to an aromatic ring is 1. The summed E-state index contributed by atoms with van der Waals surface area (Å²) in [6.45, 7) is 4.01. The third-order valence-electron chi connectivity index (χ3n) is 2.27. The lowest BCUT2D eigenvalue weighted by atomic mass is 10.3. The first kappa shape index (κ1) is 12.2. The predicted molar refractivity (Wildman–Crippen MR) is 74.1 cm³/mol. The Hall–Kier alpha value is -2.23. The van der Waals surface area contributed by atoms with Crippen LogP contribution in [0.2, 0.25) is 0 Å². The summed E-state index contributed by atoms with van der Waals surface area (Å²) >= 11 is 0. The van der Waals surface area contributed by atoms with E-state index in [2.05, 4.69) is 10.3 Å². The van der Waals surface area contributed by atoms with E-state index in [0.29, 0.717) is 5.82 Å². The molecule has 94 valence electrons. The fraction of sp³-hybridized carbons (Fsp3) is 0.214. The quantitative estimate of drug-likeness (QED) is 0.865. The average molecular weight is 243 g/mol. The van der Waals surface area contributed by atoms with Gasteiger partial charge in [0.2, 0.25) is 0 Å². The number of hydrogen-bond acceptors (Lipinski definition) is 4. The first-order valence-electron chi connectivity index (χ1n) is 5.90. The molecule has 3 N–H and O–H groups in total. The first-order chi connectivity index (χ1) is 8.63. The van der Waals surface area contributed by atoms with Crippen molar-refractivity contribution in [2.45, 2.75) is 20.0 Å². The fourth-order valence-corrected chi connectivity index (χ4v) is 1.56. The topological polar surface area (TPSA) is 60.2 Å². The van der Waals surface area contributed by atoms with E-state index in [-0.39, 0.29) is 6.10 Å². The molecule has 0 radical (unpaired) electrons. The number of nitrogens with one attached hydrogen (secondary N) is 1. The Morgan fingerprint density at radius 3 is 2.44 bits per heavy atom. The number of benzene rings is 1. The normalized spacial score (nSPS) is 10.4. The van der Waals surface area contributed by atoms with E-state index in [1.807, 2.05) is 50.2 Å². The third kappa shape index (κ3) is 3.38. The summed E-state index contributed by atoms with van der Waals surface area (Å²) in [6.07, 6.45) is 0.180. The van der Waals surface area contributed by atoms with Gasteiger partial charge in [-0.25, -0.2) is 4.98 Å². The number of ether oxygens (including phenoxy) is 1. The third-order valence-corrected chi connectivity index (χ3v) is 2.27. The van der Waals surface area contributed by atoms with Gasteiger partial charge in [-0.05, 0) is 50.2 Å². The largest absolute Gasteiger partial charge is 0.491 e. The molecule has 0 bridgehead atoms. The minimum absolute atomic E-state index is 0.180. The molecular weight excluding hydrogens is 226 g/mol.